The molecule has 1 amide bonds. The number of carbonyl (C=O) groups is 1. The topological polar surface area (TPSA) is 78.0 Å². The van der Waals surface area contributed by atoms with E-state index in [2.05, 4.69) is 34.7 Å². The molecular weight excluding hydrogens is 402 g/mol. The number of nitrogens with one attached hydrogen (secondary N) is 3. The lowest BCUT2D eigenvalue weighted by Gasteiger charge is -2.32. The van der Waals surface area contributed by atoms with Crippen LogP contribution in [-0.2, 0) is 9.53 Å². The second-order valence-corrected chi connectivity index (χ2v) is 7.98. The fourth-order valence-electron chi connectivity index (χ4n) is 3.47. The van der Waals surface area contributed by atoms with Gasteiger partial charge in [0.1, 0.15) is 6.10 Å². The highest BCUT2D eigenvalue weighted by Gasteiger charge is 2.21. The van der Waals surface area contributed by atoms with Crippen molar-refractivity contribution in [2.24, 2.45) is 4.99 Å². The molecule has 1 atom stereocenters. The summed E-state index contributed by atoms with van der Waals surface area (Å²) in [5.74, 6) is 0.908. The molecule has 168 valence electrons. The van der Waals surface area contributed by atoms with Crippen molar-refractivity contribution >= 4 is 23.5 Å². The van der Waals surface area contributed by atoms with Gasteiger partial charge in [0.05, 0.1) is 13.1 Å². The van der Waals surface area contributed by atoms with Crippen LogP contribution in [0.25, 0.3) is 0 Å². The number of piperidine rings is 1. The summed E-state index contributed by atoms with van der Waals surface area (Å²) in [5, 5.41) is 10.5. The standard InChI is InChI=1S/C22H36ClN5O2/c1-4-11-25-21(29)16-28-12-9-19(10-13-28)27-22(24-5-2)26-15-20(30-3)17-7-6-8-18(23)14-17/h6-8,14,19-20H,4-5,9-13,15-16H2,1-3H3,(H,25,29)(H2,24,26,27). The zero-order valence-electron chi connectivity index (χ0n) is 18.4. The van der Waals surface area contributed by atoms with E-state index in [4.69, 9.17) is 21.3 Å². The number of benzene rings is 1. The molecule has 1 aliphatic heterocycles. The van der Waals surface area contributed by atoms with Gasteiger partial charge in [-0.15, -0.1) is 0 Å². The van der Waals surface area contributed by atoms with Gasteiger partial charge in [0.2, 0.25) is 5.91 Å². The zero-order valence-corrected chi connectivity index (χ0v) is 19.2. The van der Waals surface area contributed by atoms with Gasteiger partial charge in [0.25, 0.3) is 0 Å². The second-order valence-electron chi connectivity index (χ2n) is 7.54. The molecule has 8 heteroatoms. The van der Waals surface area contributed by atoms with Crippen LogP contribution in [0.1, 0.15) is 44.8 Å². The normalized spacial score (nSPS) is 16.9. The molecule has 0 spiro atoms. The van der Waals surface area contributed by atoms with Crippen molar-refractivity contribution in [2.45, 2.75) is 45.3 Å². The minimum atomic E-state index is -0.150. The van der Waals surface area contributed by atoms with Gasteiger partial charge in [-0.2, -0.15) is 0 Å². The molecule has 30 heavy (non-hydrogen) atoms. The van der Waals surface area contributed by atoms with Crippen LogP contribution < -0.4 is 16.0 Å². The Labute approximate surface area is 185 Å². The summed E-state index contributed by atoms with van der Waals surface area (Å²) in [6, 6.07) is 8.03. The molecule has 1 fully saturated rings. The van der Waals surface area contributed by atoms with E-state index < -0.39 is 0 Å². The smallest absolute Gasteiger partial charge is 0.234 e. The Morgan fingerprint density at radius 2 is 2.07 bits per heavy atom. The molecule has 1 aromatic rings. The number of methoxy groups -OCH3 is 1. The van der Waals surface area contributed by atoms with Crippen LogP contribution in [0, 0.1) is 0 Å². The van der Waals surface area contributed by atoms with Crippen molar-refractivity contribution in [2.75, 3.05) is 46.4 Å². The summed E-state index contributed by atoms with van der Waals surface area (Å²) in [4.78, 5) is 18.9. The monoisotopic (exact) mass is 437 g/mol. The first kappa shape index (κ1) is 24.4. The summed E-state index contributed by atoms with van der Waals surface area (Å²) < 4.78 is 5.62. The SMILES string of the molecule is CCCNC(=O)CN1CCC(NC(=NCC(OC)c2cccc(Cl)c2)NCC)CC1. The Morgan fingerprint density at radius 1 is 1.30 bits per heavy atom. The van der Waals surface area contributed by atoms with Gasteiger partial charge in [0.15, 0.2) is 5.96 Å². The van der Waals surface area contributed by atoms with Gasteiger partial charge in [-0.1, -0.05) is 30.7 Å². The average Bonchev–Trinajstić information content (AvgIpc) is 2.74. The molecule has 7 nitrogen and oxygen atoms in total. The Bertz CT molecular complexity index is 677. The highest BCUT2D eigenvalue weighted by molar-refractivity contribution is 6.30. The van der Waals surface area contributed by atoms with Crippen LogP contribution in [0.2, 0.25) is 5.02 Å². The highest BCUT2D eigenvalue weighted by Crippen LogP contribution is 2.20. The number of likely N-dealkylation sites (tertiary alicyclic amines) is 1. The minimum absolute atomic E-state index is 0.116. The Balaban J connectivity index is 1.85. The molecule has 3 N–H and O–H groups in total. The van der Waals surface area contributed by atoms with Crippen LogP contribution in [0.15, 0.2) is 29.3 Å². The summed E-state index contributed by atoms with van der Waals surface area (Å²) >= 11 is 6.11. The number of rotatable bonds is 10. The fourth-order valence-corrected chi connectivity index (χ4v) is 3.67. The van der Waals surface area contributed by atoms with E-state index in [0.717, 1.165) is 57.0 Å². The number of carbonyl (C=O) groups excluding carboxylic acids is 1. The number of aliphatic imine (C=N–C) groups is 1. The molecular formula is C22H36ClN5O2. The van der Waals surface area contributed by atoms with Crippen LogP contribution in [0.4, 0.5) is 0 Å². The molecule has 0 bridgehead atoms. The Hall–Kier alpha value is -1.83. The van der Waals surface area contributed by atoms with Gasteiger partial charge in [-0.3, -0.25) is 14.7 Å². The highest BCUT2D eigenvalue weighted by atomic mass is 35.5. The molecule has 1 unspecified atom stereocenters. The van der Waals surface area contributed by atoms with Gasteiger partial charge in [-0.25, -0.2) is 0 Å². The molecule has 1 saturated heterocycles. The number of ether oxygens (including phenoxy) is 1. The van der Waals surface area contributed by atoms with Crippen molar-refractivity contribution in [1.82, 2.24) is 20.9 Å². The predicted molar refractivity (Wildman–Crippen MR) is 123 cm³/mol. The lowest BCUT2D eigenvalue weighted by molar-refractivity contribution is -0.122. The summed E-state index contributed by atoms with van der Waals surface area (Å²) in [7, 11) is 1.69. The van der Waals surface area contributed by atoms with Crippen LogP contribution in [-0.4, -0.2) is 69.2 Å². The molecule has 0 saturated carbocycles. The number of halogens is 1. The summed E-state index contributed by atoms with van der Waals surface area (Å²) in [6.07, 6.45) is 2.77. The lowest BCUT2D eigenvalue weighted by Crippen LogP contribution is -2.50. The van der Waals surface area contributed by atoms with Gasteiger partial charge in [0, 0.05) is 44.4 Å². The van der Waals surface area contributed by atoms with E-state index >= 15 is 0 Å². The minimum Gasteiger partial charge on any atom is -0.375 e. The van der Waals surface area contributed by atoms with E-state index in [9.17, 15) is 4.79 Å². The second kappa shape index (κ2) is 13.5. The van der Waals surface area contributed by atoms with Gasteiger partial charge < -0.3 is 20.7 Å². The van der Waals surface area contributed by atoms with E-state index in [0.29, 0.717) is 24.2 Å². The van der Waals surface area contributed by atoms with Crippen LogP contribution in [0.3, 0.4) is 0 Å². The largest absolute Gasteiger partial charge is 0.375 e. The van der Waals surface area contributed by atoms with Crippen molar-refractivity contribution in [3.63, 3.8) is 0 Å². The molecule has 0 aliphatic carbocycles. The molecule has 1 heterocycles. The maximum absolute atomic E-state index is 11.9. The van der Waals surface area contributed by atoms with E-state index in [-0.39, 0.29) is 12.0 Å². The number of hydrogen-bond donors (Lipinski definition) is 3. The summed E-state index contributed by atoms with van der Waals surface area (Å²) in [6.45, 7) is 8.44. The summed E-state index contributed by atoms with van der Waals surface area (Å²) in [5.41, 5.74) is 1.01. The number of amides is 1. The van der Waals surface area contributed by atoms with Crippen LogP contribution in [0.5, 0.6) is 0 Å². The predicted octanol–water partition coefficient (Wildman–Crippen LogP) is 2.57. The van der Waals surface area contributed by atoms with E-state index in [1.54, 1.807) is 7.11 Å². The fraction of sp³-hybridized carbons (Fsp3) is 0.636. The van der Waals surface area contributed by atoms with Crippen molar-refractivity contribution in [3.05, 3.63) is 34.9 Å². The first-order valence-electron chi connectivity index (χ1n) is 10.9. The lowest BCUT2D eigenvalue weighted by atomic mass is 10.1. The number of guanidine groups is 1. The van der Waals surface area contributed by atoms with Crippen LogP contribution >= 0.6 is 11.6 Å². The number of hydrogen-bond acceptors (Lipinski definition) is 4. The van der Waals surface area contributed by atoms with Gasteiger partial charge in [-0.05, 0) is 43.9 Å². The molecule has 0 aromatic heterocycles. The third kappa shape index (κ3) is 8.50. The number of nitrogens with zero attached hydrogens (tertiary/aromatic N) is 2. The van der Waals surface area contributed by atoms with Gasteiger partial charge >= 0.3 is 0 Å². The maximum Gasteiger partial charge on any atom is 0.234 e. The quantitative estimate of drug-likeness (QED) is 0.387. The maximum atomic E-state index is 11.9. The molecule has 2 rings (SSSR count). The Morgan fingerprint density at radius 3 is 2.70 bits per heavy atom. The first-order valence-corrected chi connectivity index (χ1v) is 11.3. The van der Waals surface area contributed by atoms with E-state index in [1.165, 1.54) is 0 Å². The molecule has 0 radical (unpaired) electrons. The van der Waals surface area contributed by atoms with Crippen molar-refractivity contribution < 1.29 is 9.53 Å². The van der Waals surface area contributed by atoms with Crippen molar-refractivity contribution in [3.8, 4) is 0 Å². The third-order valence-corrected chi connectivity index (χ3v) is 5.37. The zero-order chi connectivity index (χ0) is 21.8. The Kier molecular flexibility index (Phi) is 11.0. The average molecular weight is 438 g/mol. The first-order chi connectivity index (χ1) is 14.5. The molecule has 1 aromatic carbocycles. The van der Waals surface area contributed by atoms with E-state index in [1.807, 2.05) is 24.3 Å². The van der Waals surface area contributed by atoms with Crippen molar-refractivity contribution in [1.29, 1.82) is 0 Å². The third-order valence-electron chi connectivity index (χ3n) is 5.13. The molecule has 1 aliphatic rings.